The summed E-state index contributed by atoms with van der Waals surface area (Å²) >= 11 is 0. The van der Waals surface area contributed by atoms with Gasteiger partial charge in [0, 0.05) is 19.1 Å². The first-order chi connectivity index (χ1) is 13.7. The number of ether oxygens (including phenoxy) is 2. The summed E-state index contributed by atoms with van der Waals surface area (Å²) in [6, 6.07) is 8.02. The zero-order valence-electron chi connectivity index (χ0n) is 15.7. The van der Waals surface area contributed by atoms with Crippen LogP contribution in [0.4, 0.5) is 4.79 Å². The lowest BCUT2D eigenvalue weighted by atomic mass is 10.1. The molecule has 5 rings (SSSR count). The van der Waals surface area contributed by atoms with Crippen molar-refractivity contribution in [2.45, 2.75) is 32.4 Å². The third-order valence-electron chi connectivity index (χ3n) is 5.30. The summed E-state index contributed by atoms with van der Waals surface area (Å²) in [4.78, 5) is 23.2. The number of hydrogen-bond acceptors (Lipinski definition) is 6. The summed E-state index contributed by atoms with van der Waals surface area (Å²) in [5.41, 5.74) is 1.96. The Labute approximate surface area is 161 Å². The molecule has 0 spiro atoms. The Bertz CT molecular complexity index is 1020. The van der Waals surface area contributed by atoms with E-state index in [1.54, 1.807) is 9.58 Å². The molecule has 0 bridgehead atoms. The maximum atomic E-state index is 12.0. The van der Waals surface area contributed by atoms with Crippen molar-refractivity contribution in [3.8, 4) is 5.95 Å². The second kappa shape index (κ2) is 6.90. The van der Waals surface area contributed by atoms with Crippen molar-refractivity contribution in [2.24, 2.45) is 0 Å². The molecule has 2 saturated heterocycles. The lowest BCUT2D eigenvalue weighted by Crippen LogP contribution is -2.26. The molecule has 2 fully saturated rings. The summed E-state index contributed by atoms with van der Waals surface area (Å²) in [5, 5.41) is 4.80. The van der Waals surface area contributed by atoms with Gasteiger partial charge in [0.15, 0.2) is 11.6 Å². The highest BCUT2D eigenvalue weighted by atomic mass is 16.6. The number of aromatic nitrogens is 5. The van der Waals surface area contributed by atoms with Crippen LogP contribution in [-0.4, -0.2) is 61.7 Å². The number of benzene rings is 1. The molecule has 9 nitrogen and oxygen atoms in total. The molecule has 1 aromatic carbocycles. The van der Waals surface area contributed by atoms with Crippen molar-refractivity contribution in [3.05, 3.63) is 35.9 Å². The van der Waals surface area contributed by atoms with Gasteiger partial charge in [-0.15, -0.1) is 5.10 Å². The van der Waals surface area contributed by atoms with E-state index < -0.39 is 0 Å². The van der Waals surface area contributed by atoms with Crippen LogP contribution in [0.25, 0.3) is 17.0 Å². The number of fused-ring (bicyclic) bond motifs is 1. The van der Waals surface area contributed by atoms with E-state index in [4.69, 9.17) is 24.5 Å². The van der Waals surface area contributed by atoms with Gasteiger partial charge in [-0.05, 0) is 25.5 Å². The Morgan fingerprint density at radius 1 is 1.21 bits per heavy atom. The van der Waals surface area contributed by atoms with E-state index in [9.17, 15) is 4.79 Å². The van der Waals surface area contributed by atoms with Crippen LogP contribution in [0.5, 0.6) is 0 Å². The summed E-state index contributed by atoms with van der Waals surface area (Å²) < 4.78 is 14.5. The highest BCUT2D eigenvalue weighted by molar-refractivity contribution is 5.77. The summed E-state index contributed by atoms with van der Waals surface area (Å²) in [6.45, 7) is 5.48. The van der Waals surface area contributed by atoms with Crippen molar-refractivity contribution in [3.63, 3.8) is 0 Å². The number of nitrogens with zero attached hydrogens (tertiary/aromatic N) is 6. The smallest absolute Gasteiger partial charge is 0.410 e. The third kappa shape index (κ3) is 2.82. The second-order valence-electron chi connectivity index (χ2n) is 7.04. The molecule has 0 N–H and O–H groups in total. The van der Waals surface area contributed by atoms with Gasteiger partial charge < -0.3 is 14.0 Å². The number of imidazole rings is 1. The minimum Gasteiger partial charge on any atom is -0.448 e. The molecule has 1 amide bonds. The first kappa shape index (κ1) is 17.2. The number of para-hydroxylation sites is 2. The molecule has 2 aliphatic rings. The largest absolute Gasteiger partial charge is 0.448 e. The number of carbonyl (C=O) groups is 1. The minimum atomic E-state index is -0.315. The Kier molecular flexibility index (Phi) is 4.23. The summed E-state index contributed by atoms with van der Waals surface area (Å²) in [5.74, 6) is 2.31. The van der Waals surface area contributed by atoms with E-state index in [0.717, 1.165) is 36.4 Å². The number of rotatable bonds is 5. The zero-order valence-corrected chi connectivity index (χ0v) is 15.7. The molecule has 0 saturated carbocycles. The van der Waals surface area contributed by atoms with Crippen molar-refractivity contribution < 1.29 is 14.3 Å². The lowest BCUT2D eigenvalue weighted by Gasteiger charge is -2.13. The quantitative estimate of drug-likeness (QED) is 0.672. The Morgan fingerprint density at radius 2 is 2.11 bits per heavy atom. The van der Waals surface area contributed by atoms with Gasteiger partial charge in [0.2, 0.25) is 5.95 Å². The van der Waals surface area contributed by atoms with Gasteiger partial charge in [0.05, 0.1) is 30.7 Å². The molecule has 3 aromatic rings. The molecular formula is C19H22N6O3. The van der Waals surface area contributed by atoms with Crippen molar-refractivity contribution in [1.29, 1.82) is 0 Å². The standard InChI is InChI=1S/C19H22N6O3/c1-2-24-15-6-4-3-5-14(15)20-18(24)25-16(11-23-8-10-28-19(23)26)21-17(22-25)13-7-9-27-12-13/h3-6,13H,2,7-12H2,1H3/t13-/m1/s1. The Morgan fingerprint density at radius 3 is 2.86 bits per heavy atom. The molecule has 146 valence electrons. The van der Waals surface area contributed by atoms with Crippen LogP contribution in [-0.2, 0) is 22.6 Å². The van der Waals surface area contributed by atoms with Gasteiger partial charge in [-0.2, -0.15) is 4.68 Å². The van der Waals surface area contributed by atoms with Gasteiger partial charge in [-0.1, -0.05) is 12.1 Å². The van der Waals surface area contributed by atoms with Gasteiger partial charge >= 0.3 is 6.09 Å². The van der Waals surface area contributed by atoms with E-state index in [2.05, 4.69) is 17.6 Å². The zero-order chi connectivity index (χ0) is 19.1. The fourth-order valence-corrected chi connectivity index (χ4v) is 3.81. The first-order valence-electron chi connectivity index (χ1n) is 9.65. The van der Waals surface area contributed by atoms with Gasteiger partial charge in [-0.3, -0.25) is 4.90 Å². The van der Waals surface area contributed by atoms with Crippen LogP contribution in [0.3, 0.4) is 0 Å². The molecule has 28 heavy (non-hydrogen) atoms. The van der Waals surface area contributed by atoms with E-state index >= 15 is 0 Å². The molecule has 0 aliphatic carbocycles. The highest BCUT2D eigenvalue weighted by Gasteiger charge is 2.29. The van der Waals surface area contributed by atoms with Crippen molar-refractivity contribution in [2.75, 3.05) is 26.4 Å². The number of amides is 1. The van der Waals surface area contributed by atoms with Crippen molar-refractivity contribution >= 4 is 17.1 Å². The van der Waals surface area contributed by atoms with Crippen molar-refractivity contribution in [1.82, 2.24) is 29.2 Å². The first-order valence-corrected chi connectivity index (χ1v) is 9.65. The SMILES string of the molecule is CCn1c(-n2nc([C@@H]3CCOC3)nc2CN2CCOC2=O)nc2ccccc21. The predicted octanol–water partition coefficient (Wildman–Crippen LogP) is 2.09. The predicted molar refractivity (Wildman–Crippen MR) is 100 cm³/mol. The lowest BCUT2D eigenvalue weighted by molar-refractivity contribution is 0.156. The Hall–Kier alpha value is -2.94. The maximum Gasteiger partial charge on any atom is 0.410 e. The van der Waals surface area contributed by atoms with Crippen LogP contribution >= 0.6 is 0 Å². The molecule has 2 aromatic heterocycles. The number of carbonyl (C=O) groups excluding carboxylic acids is 1. The molecule has 0 unspecified atom stereocenters. The van der Waals surface area contributed by atoms with E-state index in [1.807, 2.05) is 18.2 Å². The number of aryl methyl sites for hydroxylation is 1. The monoisotopic (exact) mass is 382 g/mol. The minimum absolute atomic E-state index is 0.171. The van der Waals surface area contributed by atoms with Crippen LogP contribution in [0, 0.1) is 0 Å². The van der Waals surface area contributed by atoms with E-state index in [1.165, 1.54) is 0 Å². The topological polar surface area (TPSA) is 87.3 Å². The van der Waals surface area contributed by atoms with E-state index in [0.29, 0.717) is 38.1 Å². The molecule has 1 atom stereocenters. The van der Waals surface area contributed by atoms with Crippen LogP contribution in [0.1, 0.15) is 30.9 Å². The maximum absolute atomic E-state index is 12.0. The molecule has 4 heterocycles. The third-order valence-corrected chi connectivity index (χ3v) is 5.30. The summed E-state index contributed by atoms with van der Waals surface area (Å²) in [6.07, 6.45) is 0.587. The van der Waals surface area contributed by atoms with Crippen LogP contribution in [0.2, 0.25) is 0 Å². The number of cyclic esters (lactones) is 1. The average Bonchev–Trinajstić information content (AvgIpc) is 3.48. The van der Waals surface area contributed by atoms with Gasteiger partial charge in [0.1, 0.15) is 6.61 Å². The van der Waals surface area contributed by atoms with E-state index in [-0.39, 0.29) is 12.0 Å². The normalized spacial score (nSPS) is 19.7. The molecule has 2 aliphatic heterocycles. The van der Waals surface area contributed by atoms with Crippen LogP contribution < -0.4 is 0 Å². The van der Waals surface area contributed by atoms with Gasteiger partial charge in [-0.25, -0.2) is 14.8 Å². The fourth-order valence-electron chi connectivity index (χ4n) is 3.81. The highest BCUT2D eigenvalue weighted by Crippen LogP contribution is 2.26. The van der Waals surface area contributed by atoms with Crippen LogP contribution in [0.15, 0.2) is 24.3 Å². The average molecular weight is 382 g/mol. The molecular weight excluding hydrogens is 360 g/mol. The fraction of sp³-hybridized carbons (Fsp3) is 0.474. The molecule has 0 radical (unpaired) electrons. The summed E-state index contributed by atoms with van der Waals surface area (Å²) in [7, 11) is 0. The second-order valence-corrected chi connectivity index (χ2v) is 7.04. The Balaban J connectivity index is 1.61. The van der Waals surface area contributed by atoms with Gasteiger partial charge in [0.25, 0.3) is 0 Å². The number of hydrogen-bond donors (Lipinski definition) is 0. The molecule has 9 heteroatoms.